The molecule has 1 unspecified atom stereocenters. The normalized spacial score (nSPS) is 11.7. The summed E-state index contributed by atoms with van der Waals surface area (Å²) < 4.78 is 1.96. The molecule has 10 heteroatoms. The minimum Gasteiger partial charge on any atom is -0.478 e. The van der Waals surface area contributed by atoms with Gasteiger partial charge in [-0.05, 0) is 36.1 Å². The van der Waals surface area contributed by atoms with Crippen LogP contribution in [0.4, 0.5) is 0 Å². The van der Waals surface area contributed by atoms with Crippen LogP contribution in [0.2, 0.25) is 5.15 Å². The molecule has 0 aliphatic rings. The summed E-state index contributed by atoms with van der Waals surface area (Å²) in [6.07, 6.45) is 3.18. The number of nitrogens with one attached hydrogen (secondary N) is 2. The van der Waals surface area contributed by atoms with E-state index in [0.29, 0.717) is 29.6 Å². The lowest BCUT2D eigenvalue weighted by atomic mass is 10.0. The zero-order chi connectivity index (χ0) is 27.5. The average Bonchev–Trinajstić information content (AvgIpc) is 3.22. The summed E-state index contributed by atoms with van der Waals surface area (Å²) in [5.74, 6) is -0.741. The Labute approximate surface area is 233 Å². The quantitative estimate of drug-likeness (QED) is 0.223. The van der Waals surface area contributed by atoms with Gasteiger partial charge < -0.3 is 20.3 Å². The largest absolute Gasteiger partial charge is 0.478 e. The third kappa shape index (κ3) is 8.36. The van der Waals surface area contributed by atoms with Gasteiger partial charge in [0.2, 0.25) is 11.8 Å². The molecule has 0 saturated heterocycles. The van der Waals surface area contributed by atoms with Gasteiger partial charge in [0.15, 0.2) is 5.15 Å². The van der Waals surface area contributed by atoms with Crippen molar-refractivity contribution in [1.29, 1.82) is 0 Å². The number of aryl methyl sites for hydroxylation is 1. The van der Waals surface area contributed by atoms with Gasteiger partial charge in [0.1, 0.15) is 5.82 Å². The number of carbonyl (C=O) groups is 3. The standard InChI is InChI=1S/C28H33ClN4O4S/c1-2-3-9-24-32-26(29)23(33(24)17-20-10-12-21(13-11-20)28(36)37)15-30-25(34)16-31-27(35)22(18-38)14-19-7-5-4-6-8-19/h4-8,10-13,22,38H,2-3,9,14-18H2,1H3,(H,30,34)(H,31,35)(H,36,37). The average molecular weight is 557 g/mol. The Kier molecular flexibility index (Phi) is 11.2. The summed E-state index contributed by atoms with van der Waals surface area (Å²) in [6.45, 7) is 2.50. The highest BCUT2D eigenvalue weighted by molar-refractivity contribution is 7.80. The van der Waals surface area contributed by atoms with Gasteiger partial charge in [0, 0.05) is 18.7 Å². The van der Waals surface area contributed by atoms with Gasteiger partial charge in [-0.2, -0.15) is 12.6 Å². The third-order valence-corrected chi connectivity index (χ3v) is 6.93. The molecule has 0 spiro atoms. The number of imidazole rings is 1. The van der Waals surface area contributed by atoms with Gasteiger partial charge in [-0.1, -0.05) is 67.4 Å². The summed E-state index contributed by atoms with van der Waals surface area (Å²) in [5.41, 5.74) is 2.78. The van der Waals surface area contributed by atoms with Crippen LogP contribution < -0.4 is 10.6 Å². The van der Waals surface area contributed by atoms with E-state index in [0.717, 1.165) is 36.2 Å². The predicted octanol–water partition coefficient (Wildman–Crippen LogP) is 4.15. The summed E-state index contributed by atoms with van der Waals surface area (Å²) >= 11 is 10.8. The van der Waals surface area contributed by atoms with Gasteiger partial charge in [0.05, 0.1) is 30.3 Å². The van der Waals surface area contributed by atoms with Crippen LogP contribution in [0.3, 0.4) is 0 Å². The van der Waals surface area contributed by atoms with Gasteiger partial charge in [0.25, 0.3) is 0 Å². The number of hydrogen-bond donors (Lipinski definition) is 4. The number of carboxylic acids is 1. The van der Waals surface area contributed by atoms with E-state index < -0.39 is 5.97 Å². The monoisotopic (exact) mass is 556 g/mol. The molecule has 202 valence electrons. The molecule has 1 heterocycles. The highest BCUT2D eigenvalue weighted by atomic mass is 35.5. The number of thiol groups is 1. The third-order valence-electron chi connectivity index (χ3n) is 6.19. The summed E-state index contributed by atoms with van der Waals surface area (Å²) in [5, 5.41) is 15.0. The second-order valence-corrected chi connectivity index (χ2v) is 9.74. The smallest absolute Gasteiger partial charge is 0.335 e. The summed E-state index contributed by atoms with van der Waals surface area (Å²) in [6, 6.07) is 16.3. The number of aromatic nitrogens is 2. The predicted molar refractivity (Wildman–Crippen MR) is 151 cm³/mol. The van der Waals surface area contributed by atoms with Crippen molar-refractivity contribution in [3.8, 4) is 0 Å². The molecule has 38 heavy (non-hydrogen) atoms. The fourth-order valence-electron chi connectivity index (χ4n) is 4.02. The molecule has 0 radical (unpaired) electrons. The molecule has 1 aromatic heterocycles. The Bertz CT molecular complexity index is 1230. The number of amides is 2. The van der Waals surface area contributed by atoms with Crippen molar-refractivity contribution < 1.29 is 19.5 Å². The maximum atomic E-state index is 12.6. The van der Waals surface area contributed by atoms with Gasteiger partial charge in [-0.15, -0.1) is 0 Å². The van der Waals surface area contributed by atoms with E-state index in [4.69, 9.17) is 16.7 Å². The number of aromatic carboxylic acids is 1. The van der Waals surface area contributed by atoms with Crippen LogP contribution in [0.1, 0.15) is 52.8 Å². The maximum absolute atomic E-state index is 12.6. The molecule has 8 nitrogen and oxygen atoms in total. The molecule has 0 bridgehead atoms. The lowest BCUT2D eigenvalue weighted by Crippen LogP contribution is -2.40. The lowest BCUT2D eigenvalue weighted by Gasteiger charge is -2.15. The van der Waals surface area contributed by atoms with E-state index in [9.17, 15) is 14.4 Å². The van der Waals surface area contributed by atoms with Crippen LogP contribution in [-0.4, -0.2) is 44.7 Å². The van der Waals surface area contributed by atoms with Crippen molar-refractivity contribution in [3.05, 3.63) is 88.0 Å². The van der Waals surface area contributed by atoms with Crippen LogP contribution in [0.25, 0.3) is 0 Å². The number of hydrogen-bond acceptors (Lipinski definition) is 5. The van der Waals surface area contributed by atoms with E-state index in [2.05, 4.69) is 35.2 Å². The molecule has 0 saturated carbocycles. The number of unbranched alkanes of at least 4 members (excludes halogenated alkanes) is 1. The van der Waals surface area contributed by atoms with Crippen LogP contribution in [0.5, 0.6) is 0 Å². The van der Waals surface area contributed by atoms with Crippen molar-refractivity contribution in [2.45, 2.75) is 45.7 Å². The Morgan fingerprint density at radius 2 is 1.76 bits per heavy atom. The Morgan fingerprint density at radius 1 is 1.05 bits per heavy atom. The highest BCUT2D eigenvalue weighted by Crippen LogP contribution is 2.21. The minimum absolute atomic E-state index is 0.139. The fourth-order valence-corrected chi connectivity index (χ4v) is 4.58. The first-order chi connectivity index (χ1) is 18.3. The number of carbonyl (C=O) groups excluding carboxylic acids is 2. The Balaban J connectivity index is 1.63. The molecule has 2 amide bonds. The molecule has 3 aromatic rings. The first kappa shape index (κ1) is 29.3. The van der Waals surface area contributed by atoms with Crippen molar-refractivity contribution in [2.24, 2.45) is 5.92 Å². The highest BCUT2D eigenvalue weighted by Gasteiger charge is 2.20. The zero-order valence-corrected chi connectivity index (χ0v) is 23.0. The number of benzene rings is 2. The number of halogens is 1. The van der Waals surface area contributed by atoms with Crippen LogP contribution in [0.15, 0.2) is 54.6 Å². The first-order valence-corrected chi connectivity index (χ1v) is 13.6. The lowest BCUT2D eigenvalue weighted by molar-refractivity contribution is -0.128. The second kappa shape index (κ2) is 14.6. The van der Waals surface area contributed by atoms with Crippen molar-refractivity contribution in [3.63, 3.8) is 0 Å². The second-order valence-electron chi connectivity index (χ2n) is 9.02. The molecule has 1 atom stereocenters. The van der Waals surface area contributed by atoms with E-state index in [-0.39, 0.29) is 36.4 Å². The molecular weight excluding hydrogens is 524 g/mol. The molecule has 0 fully saturated rings. The van der Waals surface area contributed by atoms with E-state index in [1.54, 1.807) is 24.3 Å². The Morgan fingerprint density at radius 3 is 2.39 bits per heavy atom. The van der Waals surface area contributed by atoms with Crippen LogP contribution >= 0.6 is 24.2 Å². The number of nitrogens with zero attached hydrogens (tertiary/aromatic N) is 2. The van der Waals surface area contributed by atoms with E-state index >= 15 is 0 Å². The molecular formula is C28H33ClN4O4S. The molecule has 3 rings (SSSR count). The summed E-state index contributed by atoms with van der Waals surface area (Å²) in [7, 11) is 0. The van der Waals surface area contributed by atoms with Crippen molar-refractivity contribution >= 4 is 42.0 Å². The van der Waals surface area contributed by atoms with Gasteiger partial charge in [-0.3, -0.25) is 9.59 Å². The van der Waals surface area contributed by atoms with Crippen molar-refractivity contribution in [1.82, 2.24) is 20.2 Å². The Hall–Kier alpha value is -3.30. The molecule has 0 aliphatic heterocycles. The first-order valence-electron chi connectivity index (χ1n) is 12.6. The van der Waals surface area contributed by atoms with Crippen LogP contribution in [-0.2, 0) is 35.5 Å². The molecule has 3 N–H and O–H groups in total. The topological polar surface area (TPSA) is 113 Å². The molecule has 0 aliphatic carbocycles. The SMILES string of the molecule is CCCCc1nc(Cl)c(CNC(=O)CNC(=O)C(CS)Cc2ccccc2)n1Cc1ccc(C(=O)O)cc1. The van der Waals surface area contributed by atoms with E-state index in [1.807, 2.05) is 34.9 Å². The number of carboxylic acid groups (broad SMARTS) is 1. The van der Waals surface area contributed by atoms with Crippen LogP contribution in [0, 0.1) is 5.92 Å². The molecule has 2 aromatic carbocycles. The fraction of sp³-hybridized carbons (Fsp3) is 0.357. The zero-order valence-electron chi connectivity index (χ0n) is 21.3. The van der Waals surface area contributed by atoms with Crippen molar-refractivity contribution in [2.75, 3.05) is 12.3 Å². The summed E-state index contributed by atoms with van der Waals surface area (Å²) in [4.78, 5) is 40.9. The minimum atomic E-state index is -0.984. The van der Waals surface area contributed by atoms with E-state index in [1.165, 1.54) is 0 Å². The van der Waals surface area contributed by atoms with Gasteiger partial charge in [-0.25, -0.2) is 9.78 Å². The number of rotatable bonds is 14. The van der Waals surface area contributed by atoms with Gasteiger partial charge >= 0.3 is 5.97 Å². The maximum Gasteiger partial charge on any atom is 0.335 e.